The first-order valence-electron chi connectivity index (χ1n) is 6.40. The van der Waals surface area contributed by atoms with E-state index in [-0.39, 0.29) is 13.3 Å². The standard InChI is InChI=1S/C14H14N2O5/c1-15-4-5-16(14(19)13(15)18)7-10(17)9-2-3-11-12(6-9)21-8-20-11/h2-6,10,17H,7-8H2,1H3. The summed E-state index contributed by atoms with van der Waals surface area (Å²) in [4.78, 5) is 23.4. The maximum atomic E-state index is 11.8. The van der Waals surface area contributed by atoms with Crippen molar-refractivity contribution in [3.63, 3.8) is 0 Å². The van der Waals surface area contributed by atoms with Gasteiger partial charge >= 0.3 is 11.1 Å². The minimum absolute atomic E-state index is 0.00540. The smallest absolute Gasteiger partial charge is 0.316 e. The molecule has 7 heteroatoms. The number of benzene rings is 1. The van der Waals surface area contributed by atoms with Crippen LogP contribution in [0.15, 0.2) is 40.2 Å². The number of aliphatic hydroxyl groups is 1. The first-order chi connectivity index (χ1) is 10.1. The van der Waals surface area contributed by atoms with Crippen LogP contribution in [0.1, 0.15) is 11.7 Å². The molecule has 1 aliphatic heterocycles. The molecule has 0 radical (unpaired) electrons. The lowest BCUT2D eigenvalue weighted by Gasteiger charge is -2.13. The fourth-order valence-electron chi connectivity index (χ4n) is 2.15. The Balaban J connectivity index is 1.87. The zero-order valence-electron chi connectivity index (χ0n) is 11.4. The third-order valence-corrected chi connectivity index (χ3v) is 3.39. The van der Waals surface area contributed by atoms with Gasteiger partial charge in [-0.15, -0.1) is 0 Å². The Morgan fingerprint density at radius 1 is 1.19 bits per heavy atom. The van der Waals surface area contributed by atoms with E-state index >= 15 is 0 Å². The molecule has 2 aromatic rings. The molecule has 21 heavy (non-hydrogen) atoms. The number of fused-ring (bicyclic) bond motifs is 1. The van der Waals surface area contributed by atoms with Gasteiger partial charge in [-0.3, -0.25) is 9.59 Å². The summed E-state index contributed by atoms with van der Waals surface area (Å²) in [7, 11) is 1.50. The van der Waals surface area contributed by atoms with Gasteiger partial charge in [-0.2, -0.15) is 0 Å². The molecular formula is C14H14N2O5. The van der Waals surface area contributed by atoms with Crippen LogP contribution in [0.25, 0.3) is 0 Å². The van der Waals surface area contributed by atoms with Crippen LogP contribution in [0.3, 0.4) is 0 Å². The third-order valence-electron chi connectivity index (χ3n) is 3.39. The molecule has 0 bridgehead atoms. The van der Waals surface area contributed by atoms with Crippen LogP contribution < -0.4 is 20.6 Å². The fourth-order valence-corrected chi connectivity index (χ4v) is 2.15. The van der Waals surface area contributed by atoms with Crippen LogP contribution in [-0.2, 0) is 13.6 Å². The predicted molar refractivity (Wildman–Crippen MR) is 73.5 cm³/mol. The van der Waals surface area contributed by atoms with Crippen LogP contribution in [-0.4, -0.2) is 21.0 Å². The highest BCUT2D eigenvalue weighted by Crippen LogP contribution is 2.34. The molecule has 1 aromatic heterocycles. The van der Waals surface area contributed by atoms with E-state index < -0.39 is 17.2 Å². The highest BCUT2D eigenvalue weighted by Gasteiger charge is 2.17. The van der Waals surface area contributed by atoms with Crippen molar-refractivity contribution in [1.29, 1.82) is 0 Å². The summed E-state index contributed by atoms with van der Waals surface area (Å²) in [5.41, 5.74) is -0.706. The van der Waals surface area contributed by atoms with E-state index in [0.29, 0.717) is 17.1 Å². The Bertz CT molecular complexity index is 793. The van der Waals surface area contributed by atoms with Gasteiger partial charge in [-0.1, -0.05) is 6.07 Å². The number of hydrogen-bond acceptors (Lipinski definition) is 5. The van der Waals surface area contributed by atoms with Gasteiger partial charge in [0, 0.05) is 19.4 Å². The minimum Gasteiger partial charge on any atom is -0.454 e. The molecule has 1 atom stereocenters. The van der Waals surface area contributed by atoms with Gasteiger partial charge in [0.05, 0.1) is 12.6 Å². The number of aromatic nitrogens is 2. The number of aliphatic hydroxyl groups excluding tert-OH is 1. The molecule has 110 valence electrons. The molecule has 0 saturated heterocycles. The van der Waals surface area contributed by atoms with Crippen molar-refractivity contribution in [2.24, 2.45) is 7.05 Å². The summed E-state index contributed by atoms with van der Waals surface area (Å²) in [6.45, 7) is 0.150. The maximum Gasteiger partial charge on any atom is 0.316 e. The van der Waals surface area contributed by atoms with Crippen LogP contribution in [0, 0.1) is 0 Å². The second kappa shape index (κ2) is 5.10. The largest absolute Gasteiger partial charge is 0.454 e. The van der Waals surface area contributed by atoms with Crippen molar-refractivity contribution in [2.75, 3.05) is 6.79 Å². The van der Waals surface area contributed by atoms with E-state index in [1.807, 2.05) is 0 Å². The van der Waals surface area contributed by atoms with E-state index in [1.54, 1.807) is 18.2 Å². The first kappa shape index (κ1) is 13.4. The summed E-state index contributed by atoms with van der Waals surface area (Å²) in [5.74, 6) is 1.18. The monoisotopic (exact) mass is 290 g/mol. The van der Waals surface area contributed by atoms with Gasteiger partial charge in [-0.25, -0.2) is 0 Å². The van der Waals surface area contributed by atoms with Gasteiger partial charge in [0.25, 0.3) is 0 Å². The fraction of sp³-hybridized carbons (Fsp3) is 0.286. The van der Waals surface area contributed by atoms with Crippen molar-refractivity contribution in [3.05, 3.63) is 56.9 Å². The quantitative estimate of drug-likeness (QED) is 0.805. The zero-order valence-corrected chi connectivity index (χ0v) is 11.4. The second-order valence-electron chi connectivity index (χ2n) is 4.80. The molecule has 0 aliphatic carbocycles. The summed E-state index contributed by atoms with van der Waals surface area (Å²) in [5, 5.41) is 10.2. The molecule has 3 rings (SSSR count). The highest BCUT2D eigenvalue weighted by molar-refractivity contribution is 5.45. The van der Waals surface area contributed by atoms with Crippen molar-refractivity contribution in [1.82, 2.24) is 9.13 Å². The van der Waals surface area contributed by atoms with E-state index in [4.69, 9.17) is 9.47 Å². The average Bonchev–Trinajstić information content (AvgIpc) is 2.95. The maximum absolute atomic E-state index is 11.8. The van der Waals surface area contributed by atoms with Gasteiger partial charge in [0.15, 0.2) is 11.5 Å². The first-order valence-corrected chi connectivity index (χ1v) is 6.40. The van der Waals surface area contributed by atoms with Gasteiger partial charge in [-0.05, 0) is 17.7 Å². The Hall–Kier alpha value is -2.54. The Morgan fingerprint density at radius 2 is 1.95 bits per heavy atom. The van der Waals surface area contributed by atoms with Gasteiger partial charge in [0.2, 0.25) is 6.79 Å². The van der Waals surface area contributed by atoms with Crippen LogP contribution in [0.5, 0.6) is 11.5 Å². The van der Waals surface area contributed by atoms with Crippen LogP contribution in [0.2, 0.25) is 0 Å². The normalized spacial score (nSPS) is 14.2. The highest BCUT2D eigenvalue weighted by atomic mass is 16.7. The number of ether oxygens (including phenoxy) is 2. The van der Waals surface area contributed by atoms with Gasteiger partial charge < -0.3 is 23.7 Å². The molecule has 1 unspecified atom stereocenters. The van der Waals surface area contributed by atoms with Crippen molar-refractivity contribution in [3.8, 4) is 11.5 Å². The molecule has 2 heterocycles. The van der Waals surface area contributed by atoms with Crippen LogP contribution in [0.4, 0.5) is 0 Å². The summed E-state index contributed by atoms with van der Waals surface area (Å²) in [6.07, 6.45) is 2.03. The molecule has 0 amide bonds. The van der Waals surface area contributed by atoms with Crippen molar-refractivity contribution in [2.45, 2.75) is 12.6 Å². The third kappa shape index (κ3) is 2.43. The molecule has 1 aliphatic rings. The molecule has 0 spiro atoms. The minimum atomic E-state index is -0.927. The topological polar surface area (TPSA) is 82.7 Å². The van der Waals surface area contributed by atoms with Gasteiger partial charge in [0.1, 0.15) is 0 Å². The summed E-state index contributed by atoms with van der Waals surface area (Å²) < 4.78 is 12.8. The predicted octanol–water partition coefficient (Wildman–Crippen LogP) is 0.00930. The molecular weight excluding hydrogens is 276 g/mol. The average molecular weight is 290 g/mol. The van der Waals surface area contributed by atoms with Crippen molar-refractivity contribution >= 4 is 0 Å². The second-order valence-corrected chi connectivity index (χ2v) is 4.80. The lowest BCUT2D eigenvalue weighted by molar-refractivity contribution is 0.153. The SMILES string of the molecule is Cn1ccn(CC(O)c2ccc3c(c2)OCO3)c(=O)c1=O. The number of hydrogen-bond donors (Lipinski definition) is 1. The number of rotatable bonds is 3. The molecule has 7 nitrogen and oxygen atoms in total. The molecule has 0 fully saturated rings. The summed E-state index contributed by atoms with van der Waals surface area (Å²) >= 11 is 0. The zero-order chi connectivity index (χ0) is 15.0. The van der Waals surface area contributed by atoms with E-state index in [2.05, 4.69) is 0 Å². The Labute approximate surface area is 119 Å². The lowest BCUT2D eigenvalue weighted by atomic mass is 10.1. The summed E-state index contributed by atoms with van der Waals surface area (Å²) in [6, 6.07) is 5.07. The van der Waals surface area contributed by atoms with Crippen molar-refractivity contribution < 1.29 is 14.6 Å². The molecule has 0 saturated carbocycles. The number of nitrogens with zero attached hydrogens (tertiary/aromatic N) is 2. The lowest BCUT2D eigenvalue weighted by Crippen LogP contribution is -2.40. The van der Waals surface area contributed by atoms with E-state index in [9.17, 15) is 14.7 Å². The molecule has 1 N–H and O–H groups in total. The number of aryl methyl sites for hydroxylation is 1. The Kier molecular flexibility index (Phi) is 3.26. The van der Waals surface area contributed by atoms with E-state index in [1.165, 1.54) is 28.6 Å². The van der Waals surface area contributed by atoms with E-state index in [0.717, 1.165) is 0 Å². The Morgan fingerprint density at radius 3 is 2.76 bits per heavy atom. The van der Waals surface area contributed by atoms with Crippen LogP contribution >= 0.6 is 0 Å². The molecule has 1 aromatic carbocycles.